The Kier molecular flexibility index (Phi) is 6.05. The third kappa shape index (κ3) is 4.45. The summed E-state index contributed by atoms with van der Waals surface area (Å²) in [5.74, 6) is -0.912. The first-order chi connectivity index (χ1) is 13.1. The summed E-state index contributed by atoms with van der Waals surface area (Å²) >= 11 is 1.53. The Bertz CT molecular complexity index is 954. The largest absolute Gasteiger partial charge is 0.496 e. The molecular weight excluding hydrogens is 364 g/mol. The zero-order valence-corrected chi connectivity index (χ0v) is 15.6. The van der Waals surface area contributed by atoms with Gasteiger partial charge in [-0.05, 0) is 22.9 Å². The van der Waals surface area contributed by atoms with Gasteiger partial charge in [-0.1, -0.05) is 36.4 Å². The number of aliphatic hydroxyl groups is 1. The second-order valence-electron chi connectivity index (χ2n) is 5.91. The van der Waals surface area contributed by atoms with Crippen molar-refractivity contribution in [1.82, 2.24) is 10.6 Å². The van der Waals surface area contributed by atoms with Crippen molar-refractivity contribution in [2.45, 2.75) is 12.6 Å². The lowest BCUT2D eigenvalue weighted by atomic mass is 10.1. The van der Waals surface area contributed by atoms with Gasteiger partial charge in [0.25, 0.3) is 0 Å². The molecule has 1 unspecified atom stereocenters. The molecule has 6 nitrogen and oxygen atoms in total. The number of carbonyl (C=O) groups excluding carboxylic acids is 2. The zero-order chi connectivity index (χ0) is 19.2. The van der Waals surface area contributed by atoms with Gasteiger partial charge in [-0.3, -0.25) is 9.59 Å². The number of methoxy groups -OCH3 is 1. The Balaban J connectivity index is 1.53. The van der Waals surface area contributed by atoms with Gasteiger partial charge in [0, 0.05) is 28.9 Å². The molecule has 2 aromatic carbocycles. The average molecular weight is 384 g/mol. The first kappa shape index (κ1) is 18.9. The smallest absolute Gasteiger partial charge is 0.309 e. The molecule has 140 valence electrons. The van der Waals surface area contributed by atoms with E-state index < -0.39 is 17.9 Å². The third-order valence-electron chi connectivity index (χ3n) is 4.16. The van der Waals surface area contributed by atoms with Crippen LogP contribution in [0.2, 0.25) is 0 Å². The monoisotopic (exact) mass is 384 g/mol. The Morgan fingerprint density at radius 3 is 2.59 bits per heavy atom. The summed E-state index contributed by atoms with van der Waals surface area (Å²) in [6.07, 6.45) is -0.882. The van der Waals surface area contributed by atoms with Gasteiger partial charge in [-0.25, -0.2) is 0 Å². The molecule has 0 bridgehead atoms. The van der Waals surface area contributed by atoms with Gasteiger partial charge in [0.05, 0.1) is 13.2 Å². The molecule has 0 saturated carbocycles. The molecule has 0 aliphatic carbocycles. The van der Waals surface area contributed by atoms with Crippen LogP contribution in [0, 0.1) is 0 Å². The normalized spacial score (nSPS) is 11.8. The summed E-state index contributed by atoms with van der Waals surface area (Å²) in [4.78, 5) is 24.0. The maximum absolute atomic E-state index is 12.0. The highest BCUT2D eigenvalue weighted by Crippen LogP contribution is 2.29. The second kappa shape index (κ2) is 8.66. The van der Waals surface area contributed by atoms with Gasteiger partial charge >= 0.3 is 11.8 Å². The van der Waals surface area contributed by atoms with E-state index in [4.69, 9.17) is 4.74 Å². The SMILES string of the molecule is COc1ccccc1CNC(=O)C(=O)NCC(O)c1csc2ccccc12. The van der Waals surface area contributed by atoms with Crippen LogP contribution in [0.1, 0.15) is 17.2 Å². The van der Waals surface area contributed by atoms with Crippen molar-refractivity contribution >= 4 is 33.2 Å². The van der Waals surface area contributed by atoms with Crippen LogP contribution in [-0.4, -0.2) is 30.6 Å². The van der Waals surface area contributed by atoms with Crippen molar-refractivity contribution in [2.75, 3.05) is 13.7 Å². The van der Waals surface area contributed by atoms with Gasteiger partial charge in [-0.15, -0.1) is 11.3 Å². The van der Waals surface area contributed by atoms with E-state index in [1.807, 2.05) is 47.8 Å². The summed E-state index contributed by atoms with van der Waals surface area (Å²) in [6.45, 7) is 0.135. The first-order valence-electron chi connectivity index (χ1n) is 8.42. The van der Waals surface area contributed by atoms with Crippen molar-refractivity contribution in [3.8, 4) is 5.75 Å². The minimum absolute atomic E-state index is 0.0400. The van der Waals surface area contributed by atoms with Crippen LogP contribution < -0.4 is 15.4 Å². The van der Waals surface area contributed by atoms with Gasteiger partial charge in [0.15, 0.2) is 0 Å². The minimum atomic E-state index is -0.882. The molecule has 3 rings (SSSR count). The maximum atomic E-state index is 12.0. The van der Waals surface area contributed by atoms with Crippen LogP contribution >= 0.6 is 11.3 Å². The summed E-state index contributed by atoms with van der Waals surface area (Å²) in [5.41, 5.74) is 1.51. The predicted octanol–water partition coefficient (Wildman–Crippen LogP) is 2.38. The van der Waals surface area contributed by atoms with E-state index >= 15 is 0 Å². The second-order valence-corrected chi connectivity index (χ2v) is 6.82. The molecule has 7 heteroatoms. The van der Waals surface area contributed by atoms with Crippen LogP contribution in [-0.2, 0) is 16.1 Å². The van der Waals surface area contributed by atoms with E-state index in [2.05, 4.69) is 10.6 Å². The summed E-state index contributed by atoms with van der Waals surface area (Å²) in [7, 11) is 1.54. The molecular formula is C20H20N2O4S. The van der Waals surface area contributed by atoms with Gasteiger partial charge < -0.3 is 20.5 Å². The lowest BCUT2D eigenvalue weighted by Crippen LogP contribution is -2.41. The number of hydrogen-bond donors (Lipinski definition) is 3. The fourth-order valence-electron chi connectivity index (χ4n) is 2.74. The lowest BCUT2D eigenvalue weighted by Gasteiger charge is -2.12. The van der Waals surface area contributed by atoms with E-state index in [1.54, 1.807) is 13.2 Å². The topological polar surface area (TPSA) is 87.7 Å². The molecule has 0 aliphatic heterocycles. The molecule has 0 radical (unpaired) electrons. The van der Waals surface area contributed by atoms with E-state index in [-0.39, 0.29) is 13.1 Å². The summed E-state index contributed by atoms with van der Waals surface area (Å²) in [6, 6.07) is 15.0. The Hall–Kier alpha value is -2.90. The molecule has 0 fully saturated rings. The number of thiophene rings is 1. The van der Waals surface area contributed by atoms with Crippen molar-refractivity contribution < 1.29 is 19.4 Å². The maximum Gasteiger partial charge on any atom is 0.309 e. The number of para-hydroxylation sites is 1. The molecule has 3 N–H and O–H groups in total. The van der Waals surface area contributed by atoms with Crippen LogP contribution in [0.15, 0.2) is 53.9 Å². The summed E-state index contributed by atoms with van der Waals surface area (Å²) in [5, 5.41) is 18.2. The Morgan fingerprint density at radius 2 is 1.78 bits per heavy atom. The molecule has 2 amide bonds. The number of hydrogen-bond acceptors (Lipinski definition) is 5. The highest BCUT2D eigenvalue weighted by atomic mass is 32.1. The molecule has 3 aromatic rings. The molecule has 0 spiro atoms. The van der Waals surface area contributed by atoms with Crippen LogP contribution in [0.5, 0.6) is 5.75 Å². The summed E-state index contributed by atoms with van der Waals surface area (Å²) < 4.78 is 6.27. The number of amides is 2. The highest BCUT2D eigenvalue weighted by molar-refractivity contribution is 7.17. The number of aliphatic hydroxyl groups excluding tert-OH is 1. The zero-order valence-electron chi connectivity index (χ0n) is 14.8. The first-order valence-corrected chi connectivity index (χ1v) is 9.30. The Labute approximate surface area is 160 Å². The molecule has 27 heavy (non-hydrogen) atoms. The van der Waals surface area contributed by atoms with E-state index in [0.717, 1.165) is 21.2 Å². The number of ether oxygens (including phenoxy) is 1. The average Bonchev–Trinajstić information content (AvgIpc) is 3.14. The molecule has 1 atom stereocenters. The van der Waals surface area contributed by atoms with E-state index in [0.29, 0.717) is 5.75 Å². The van der Waals surface area contributed by atoms with E-state index in [9.17, 15) is 14.7 Å². The van der Waals surface area contributed by atoms with Crippen molar-refractivity contribution in [3.63, 3.8) is 0 Å². The molecule has 1 heterocycles. The number of fused-ring (bicyclic) bond motifs is 1. The number of benzene rings is 2. The minimum Gasteiger partial charge on any atom is -0.496 e. The van der Waals surface area contributed by atoms with Gasteiger partial charge in [-0.2, -0.15) is 0 Å². The van der Waals surface area contributed by atoms with E-state index in [1.165, 1.54) is 11.3 Å². The number of rotatable bonds is 6. The molecule has 0 saturated heterocycles. The van der Waals surface area contributed by atoms with Gasteiger partial charge in [0.2, 0.25) is 0 Å². The highest BCUT2D eigenvalue weighted by Gasteiger charge is 2.18. The number of nitrogens with one attached hydrogen (secondary N) is 2. The van der Waals surface area contributed by atoms with Crippen LogP contribution in [0.4, 0.5) is 0 Å². The van der Waals surface area contributed by atoms with Crippen molar-refractivity contribution in [1.29, 1.82) is 0 Å². The van der Waals surface area contributed by atoms with Crippen molar-refractivity contribution in [2.24, 2.45) is 0 Å². The van der Waals surface area contributed by atoms with Crippen LogP contribution in [0.3, 0.4) is 0 Å². The lowest BCUT2D eigenvalue weighted by molar-refractivity contribution is -0.139. The predicted molar refractivity (Wildman–Crippen MR) is 105 cm³/mol. The quantitative estimate of drug-likeness (QED) is 0.570. The fraction of sp³-hybridized carbons (Fsp3) is 0.200. The van der Waals surface area contributed by atoms with Crippen LogP contribution in [0.25, 0.3) is 10.1 Å². The molecule has 0 aliphatic rings. The Morgan fingerprint density at radius 1 is 1.07 bits per heavy atom. The van der Waals surface area contributed by atoms with Crippen molar-refractivity contribution in [3.05, 3.63) is 65.0 Å². The fourth-order valence-corrected chi connectivity index (χ4v) is 3.75. The van der Waals surface area contributed by atoms with Gasteiger partial charge in [0.1, 0.15) is 5.75 Å². The molecule has 1 aromatic heterocycles. The standard InChI is InChI=1S/C20H20N2O4S/c1-26-17-8-4-2-6-13(17)10-21-19(24)20(25)22-11-16(23)15-12-27-18-9-5-3-7-14(15)18/h2-9,12,16,23H,10-11H2,1H3,(H,21,24)(H,22,25). The number of carbonyl (C=O) groups is 2. The third-order valence-corrected chi connectivity index (χ3v) is 5.15.